The number of carbonyl (C=O) groups is 5. The number of allylic oxidation sites excluding steroid dienone is 2. The van der Waals surface area contributed by atoms with Gasteiger partial charge in [0.05, 0.1) is 69.5 Å². The number of unbranched alkanes of at least 4 members (excludes halogenated alkanes) is 27. The lowest BCUT2D eigenvalue weighted by Crippen LogP contribution is -2.72. The molecule has 4 aliphatic heterocycles. The Balaban J connectivity index is 1.46. The first-order valence-electron chi connectivity index (χ1n) is 39.2. The molecule has 618 valence electrons. The van der Waals surface area contributed by atoms with Crippen molar-refractivity contribution in [3.63, 3.8) is 0 Å². The van der Waals surface area contributed by atoms with Crippen molar-refractivity contribution in [2.75, 3.05) is 33.0 Å². The van der Waals surface area contributed by atoms with Gasteiger partial charge in [0, 0.05) is 33.1 Å². The summed E-state index contributed by atoms with van der Waals surface area (Å²) in [4.78, 5) is 65.1. The molecule has 4 fully saturated rings. The van der Waals surface area contributed by atoms with Crippen LogP contribution in [0, 0.1) is 0 Å². The van der Waals surface area contributed by atoms with Gasteiger partial charge >= 0.3 is 11.9 Å². The number of aliphatic hydroxyl groups excluding tert-OH is 14. The first-order valence-corrected chi connectivity index (χ1v) is 39.2. The number of ether oxygens (including phenoxy) is 8. The number of aliphatic carboxylic acids is 2. The standard InChI is InChI=1S/C74H133N3O29/c1-5-7-9-11-13-15-17-19-20-21-22-23-24-26-28-30-32-34-36-38-56(88)77-48(49(84)37-35-33-31-29-27-25-18-16-14-12-10-8-6-2)45-99-69-63(93)62(92)65(55(44-81)101-69)102-70-64(94)68(60(90)53(42-79)100-70)106-74(72(97)98)40-51(86)58(76-47(4)83)67(105-74)61(91)54(43-80)103-73(71(95)96)39-50(85)57(75-46(3)82)66(104-73)59(89)52(87)41-78/h19-20,48-55,57-70,78-81,84-87,89-94H,5-18,21-45H2,1-4H3,(H,75,82)(H,76,83)(H,77,88)(H,95,96)(H,97,98). The second kappa shape index (κ2) is 51.0. The number of aliphatic hydroxyl groups is 14. The minimum Gasteiger partial charge on any atom is -0.477 e. The summed E-state index contributed by atoms with van der Waals surface area (Å²) in [5.41, 5.74) is 0. The quantitative estimate of drug-likeness (QED) is 0.0305. The van der Waals surface area contributed by atoms with Crippen LogP contribution in [0.2, 0.25) is 0 Å². The molecule has 24 unspecified atom stereocenters. The second-order valence-electron chi connectivity index (χ2n) is 29.3. The normalized spacial score (nSPS) is 31.0. The summed E-state index contributed by atoms with van der Waals surface area (Å²) >= 11 is 0. The molecule has 4 aliphatic rings. The molecule has 0 saturated carbocycles. The van der Waals surface area contributed by atoms with Crippen LogP contribution in [-0.4, -0.2) is 290 Å². The molecular weight excluding hydrogens is 1390 g/mol. The molecule has 4 heterocycles. The molecule has 0 spiro atoms. The molecule has 19 N–H and O–H groups in total. The SMILES string of the molecule is CCCCCCCCC=CCCCCCCCCCCCC(=O)NC(COC1OC(CO)C(OC2OC(CO)C(O)C(OC3(C(=O)O)CC(O)C(NC(C)=O)C(C(O)C(CO)OC4(C(=O)O)CC(O)C(NC(C)=O)C(C(O)C(O)CO)O4)O3)C2O)C(O)C1O)C(O)CCCCCCCCCCCCCCC. The van der Waals surface area contributed by atoms with Crippen molar-refractivity contribution < 1.29 is 144 Å². The summed E-state index contributed by atoms with van der Waals surface area (Å²) in [6.07, 6.45) is -3.29. The Kier molecular flexibility index (Phi) is 45.5. The average molecular weight is 1530 g/mol. The Labute approximate surface area is 624 Å². The van der Waals surface area contributed by atoms with E-state index in [-0.39, 0.29) is 12.3 Å². The van der Waals surface area contributed by atoms with E-state index in [0.717, 1.165) is 90.9 Å². The van der Waals surface area contributed by atoms with E-state index in [0.29, 0.717) is 19.3 Å². The summed E-state index contributed by atoms with van der Waals surface area (Å²) in [6.45, 7) is 1.19. The van der Waals surface area contributed by atoms with Crippen molar-refractivity contribution in [2.24, 2.45) is 0 Å². The minimum atomic E-state index is -3.39. The molecule has 106 heavy (non-hydrogen) atoms. The highest BCUT2D eigenvalue weighted by atomic mass is 16.8. The predicted molar refractivity (Wildman–Crippen MR) is 381 cm³/mol. The zero-order valence-corrected chi connectivity index (χ0v) is 62.9. The van der Waals surface area contributed by atoms with Crippen LogP contribution in [0.15, 0.2) is 12.2 Å². The fraction of sp³-hybridized carbons (Fsp3) is 0.905. The van der Waals surface area contributed by atoms with Crippen LogP contribution >= 0.6 is 0 Å². The number of carboxylic acids is 2. The lowest BCUT2D eigenvalue weighted by Gasteiger charge is -2.51. The van der Waals surface area contributed by atoms with Crippen LogP contribution in [0.3, 0.4) is 0 Å². The minimum absolute atomic E-state index is 0.173. The molecular formula is C74H133N3O29. The fourth-order valence-electron chi connectivity index (χ4n) is 14.2. The molecule has 0 aromatic heterocycles. The van der Waals surface area contributed by atoms with E-state index in [9.17, 15) is 106 Å². The molecule has 0 aromatic carbocycles. The van der Waals surface area contributed by atoms with Crippen LogP contribution in [0.4, 0.5) is 0 Å². The summed E-state index contributed by atoms with van der Waals surface area (Å²) in [5, 5.41) is 185. The van der Waals surface area contributed by atoms with E-state index in [1.807, 2.05) is 0 Å². The number of hydrogen-bond donors (Lipinski definition) is 19. The van der Waals surface area contributed by atoms with Crippen LogP contribution in [-0.2, 0) is 61.9 Å². The number of carboxylic acid groups (broad SMARTS) is 2. The Hall–Kier alpha value is -3.79. The Morgan fingerprint density at radius 2 is 0.943 bits per heavy atom. The van der Waals surface area contributed by atoms with E-state index >= 15 is 0 Å². The smallest absolute Gasteiger partial charge is 0.364 e. The van der Waals surface area contributed by atoms with Gasteiger partial charge in [0.1, 0.15) is 85.5 Å². The molecule has 4 rings (SSSR count). The van der Waals surface area contributed by atoms with Gasteiger partial charge in [-0.25, -0.2) is 9.59 Å². The summed E-state index contributed by atoms with van der Waals surface area (Å²) in [7, 11) is 0. The third-order valence-electron chi connectivity index (χ3n) is 20.5. The summed E-state index contributed by atoms with van der Waals surface area (Å²) in [6, 6.07) is -4.64. The van der Waals surface area contributed by atoms with Gasteiger partial charge in [-0.15, -0.1) is 0 Å². The highest BCUT2D eigenvalue weighted by Crippen LogP contribution is 2.41. The molecule has 0 aromatic rings. The van der Waals surface area contributed by atoms with Crippen molar-refractivity contribution in [2.45, 2.75) is 392 Å². The van der Waals surface area contributed by atoms with Gasteiger partial charge in [-0.2, -0.15) is 0 Å². The molecule has 0 radical (unpaired) electrons. The van der Waals surface area contributed by atoms with E-state index in [1.165, 1.54) is 103 Å². The fourth-order valence-corrected chi connectivity index (χ4v) is 14.2. The highest BCUT2D eigenvalue weighted by Gasteiger charge is 2.62. The molecule has 3 amide bonds. The maximum absolute atomic E-state index is 13.6. The largest absolute Gasteiger partial charge is 0.477 e. The van der Waals surface area contributed by atoms with Crippen molar-refractivity contribution in [1.29, 1.82) is 0 Å². The molecule has 4 saturated heterocycles. The van der Waals surface area contributed by atoms with E-state index in [1.54, 1.807) is 0 Å². The number of carbonyl (C=O) groups excluding carboxylic acids is 3. The first-order chi connectivity index (χ1) is 50.7. The van der Waals surface area contributed by atoms with Gasteiger partial charge in [-0.1, -0.05) is 187 Å². The maximum atomic E-state index is 13.6. The van der Waals surface area contributed by atoms with E-state index in [4.69, 9.17) is 37.9 Å². The van der Waals surface area contributed by atoms with Gasteiger partial charge < -0.3 is 136 Å². The topological polar surface area (TPSA) is 519 Å². The number of nitrogens with one attached hydrogen (secondary N) is 3. The number of amides is 3. The summed E-state index contributed by atoms with van der Waals surface area (Å²) in [5.74, 6) is -13.1. The van der Waals surface area contributed by atoms with Crippen LogP contribution < -0.4 is 16.0 Å². The highest BCUT2D eigenvalue weighted by molar-refractivity contribution is 5.78. The number of rotatable bonds is 56. The number of hydrogen-bond acceptors (Lipinski definition) is 27. The summed E-state index contributed by atoms with van der Waals surface area (Å²) < 4.78 is 46.6. The first kappa shape index (κ1) is 94.6. The van der Waals surface area contributed by atoms with E-state index < -0.39 is 216 Å². The molecule has 0 bridgehead atoms. The van der Waals surface area contributed by atoms with Gasteiger partial charge in [-0.3, -0.25) is 14.4 Å². The van der Waals surface area contributed by atoms with Gasteiger partial charge in [0.15, 0.2) is 12.6 Å². The van der Waals surface area contributed by atoms with Gasteiger partial charge in [0.2, 0.25) is 17.7 Å². The second-order valence-corrected chi connectivity index (χ2v) is 29.3. The van der Waals surface area contributed by atoms with Gasteiger partial charge in [-0.05, 0) is 38.5 Å². The van der Waals surface area contributed by atoms with Crippen molar-refractivity contribution in [3.05, 3.63) is 12.2 Å². The van der Waals surface area contributed by atoms with Crippen LogP contribution in [0.1, 0.15) is 246 Å². The predicted octanol–water partition coefficient (Wildman–Crippen LogP) is 1.90. The lowest BCUT2D eigenvalue weighted by atomic mass is 9.87. The zero-order chi connectivity index (χ0) is 78.4. The van der Waals surface area contributed by atoms with Crippen molar-refractivity contribution in [3.8, 4) is 0 Å². The van der Waals surface area contributed by atoms with E-state index in [2.05, 4.69) is 41.9 Å². The van der Waals surface area contributed by atoms with Gasteiger partial charge in [0.25, 0.3) is 11.6 Å². The molecule has 24 atom stereocenters. The Morgan fingerprint density at radius 3 is 1.41 bits per heavy atom. The Bertz CT molecular complexity index is 2480. The molecule has 32 nitrogen and oxygen atoms in total. The zero-order valence-electron chi connectivity index (χ0n) is 62.9. The van der Waals surface area contributed by atoms with Crippen LogP contribution in [0.25, 0.3) is 0 Å². The molecule has 0 aliphatic carbocycles. The van der Waals surface area contributed by atoms with Crippen LogP contribution in [0.5, 0.6) is 0 Å². The monoisotopic (exact) mass is 1530 g/mol. The average Bonchev–Trinajstić information content (AvgIpc) is 0.758. The van der Waals surface area contributed by atoms with Crippen molar-refractivity contribution >= 4 is 29.7 Å². The third kappa shape index (κ3) is 30.7. The maximum Gasteiger partial charge on any atom is 0.364 e. The third-order valence-corrected chi connectivity index (χ3v) is 20.5. The molecule has 32 heteroatoms. The van der Waals surface area contributed by atoms with Crippen molar-refractivity contribution in [1.82, 2.24) is 16.0 Å². The Morgan fingerprint density at radius 1 is 0.500 bits per heavy atom. The lowest BCUT2D eigenvalue weighted by molar-refractivity contribution is -0.388.